The van der Waals surface area contributed by atoms with Crippen molar-refractivity contribution in [1.29, 1.82) is 0 Å². The van der Waals surface area contributed by atoms with Crippen LogP contribution in [0.4, 0.5) is 0 Å². The van der Waals surface area contributed by atoms with Crippen LogP contribution in [0.5, 0.6) is 0 Å². The molecule has 16 heavy (non-hydrogen) atoms. The number of nitrogens with one attached hydrogen (secondary N) is 1. The highest BCUT2D eigenvalue weighted by atomic mass is 16.5. The van der Waals surface area contributed by atoms with Crippen LogP contribution in [0.25, 0.3) is 0 Å². The summed E-state index contributed by atoms with van der Waals surface area (Å²) in [6.45, 7) is 10.2. The lowest BCUT2D eigenvalue weighted by Gasteiger charge is -2.21. The maximum atomic E-state index is 5.25. The first-order chi connectivity index (χ1) is 7.42. The molecular formula is C12H23N3O. The van der Waals surface area contributed by atoms with E-state index in [1.807, 2.05) is 12.5 Å². The van der Waals surface area contributed by atoms with Gasteiger partial charge in [-0.05, 0) is 27.7 Å². The predicted molar refractivity (Wildman–Crippen MR) is 65.3 cm³/mol. The van der Waals surface area contributed by atoms with Gasteiger partial charge in [-0.25, -0.2) is 4.98 Å². The highest BCUT2D eigenvalue weighted by Gasteiger charge is 2.11. The molecule has 1 aromatic rings. The molecule has 0 radical (unpaired) electrons. The number of hydrogen-bond donors (Lipinski definition) is 1. The molecule has 92 valence electrons. The molecule has 4 heteroatoms. The summed E-state index contributed by atoms with van der Waals surface area (Å²) >= 11 is 0. The molecule has 0 spiro atoms. The van der Waals surface area contributed by atoms with Gasteiger partial charge in [0.15, 0.2) is 0 Å². The van der Waals surface area contributed by atoms with Crippen LogP contribution in [0.15, 0.2) is 12.5 Å². The smallest absolute Gasteiger partial charge is 0.0949 e. The topological polar surface area (TPSA) is 39.1 Å². The van der Waals surface area contributed by atoms with Crippen LogP contribution < -0.4 is 5.32 Å². The minimum atomic E-state index is 0.127. The molecule has 0 fully saturated rings. The second-order valence-electron chi connectivity index (χ2n) is 5.19. The lowest BCUT2D eigenvalue weighted by Crippen LogP contribution is -2.35. The average molecular weight is 225 g/mol. The zero-order valence-electron chi connectivity index (χ0n) is 10.9. The third-order valence-electron chi connectivity index (χ3n) is 2.45. The molecule has 1 N–H and O–H groups in total. The van der Waals surface area contributed by atoms with E-state index in [1.165, 1.54) is 5.69 Å². The van der Waals surface area contributed by atoms with E-state index < -0.39 is 0 Å². The zero-order valence-corrected chi connectivity index (χ0v) is 10.9. The van der Waals surface area contributed by atoms with Crippen LogP contribution in [-0.2, 0) is 17.8 Å². The highest BCUT2D eigenvalue weighted by Crippen LogP contribution is 2.06. The Morgan fingerprint density at radius 3 is 2.75 bits per heavy atom. The third kappa shape index (κ3) is 4.33. The third-order valence-corrected chi connectivity index (χ3v) is 2.45. The van der Waals surface area contributed by atoms with Gasteiger partial charge >= 0.3 is 0 Å². The van der Waals surface area contributed by atoms with Crippen molar-refractivity contribution < 1.29 is 4.74 Å². The van der Waals surface area contributed by atoms with Crippen LogP contribution in [-0.4, -0.2) is 28.3 Å². The van der Waals surface area contributed by atoms with E-state index in [0.717, 1.165) is 13.1 Å². The highest BCUT2D eigenvalue weighted by molar-refractivity contribution is 4.99. The van der Waals surface area contributed by atoms with Gasteiger partial charge in [0.2, 0.25) is 0 Å². The second-order valence-corrected chi connectivity index (χ2v) is 5.19. The largest absolute Gasteiger partial charge is 0.380 e. The molecule has 0 aromatic carbocycles. The summed E-state index contributed by atoms with van der Waals surface area (Å²) in [5.74, 6) is 0. The van der Waals surface area contributed by atoms with Crippen molar-refractivity contribution in [2.45, 2.75) is 52.4 Å². The monoisotopic (exact) mass is 225 g/mol. The van der Waals surface area contributed by atoms with Crippen LogP contribution in [0.1, 0.15) is 33.4 Å². The van der Waals surface area contributed by atoms with Gasteiger partial charge < -0.3 is 14.6 Å². The summed E-state index contributed by atoms with van der Waals surface area (Å²) in [5, 5.41) is 3.45. The first-order valence-corrected chi connectivity index (χ1v) is 5.69. The van der Waals surface area contributed by atoms with Gasteiger partial charge in [-0.3, -0.25) is 0 Å². The number of aromatic nitrogens is 2. The molecule has 1 atom stereocenters. The molecule has 0 aliphatic heterocycles. The molecule has 0 aliphatic rings. The molecule has 0 saturated heterocycles. The maximum absolute atomic E-state index is 5.25. The fraction of sp³-hybridized carbons (Fsp3) is 0.750. The van der Waals surface area contributed by atoms with E-state index in [1.54, 1.807) is 7.11 Å². The van der Waals surface area contributed by atoms with Crippen LogP contribution in [0, 0.1) is 0 Å². The number of hydrogen-bond acceptors (Lipinski definition) is 3. The molecule has 0 bridgehead atoms. The predicted octanol–water partition coefficient (Wildman–Crippen LogP) is 1.81. The number of rotatable bonds is 5. The first kappa shape index (κ1) is 13.2. The molecule has 4 nitrogen and oxygen atoms in total. The summed E-state index contributed by atoms with van der Waals surface area (Å²) in [6, 6.07) is 0. The molecule has 1 aromatic heterocycles. The van der Waals surface area contributed by atoms with Gasteiger partial charge in [-0.1, -0.05) is 0 Å². The maximum Gasteiger partial charge on any atom is 0.0949 e. The van der Waals surface area contributed by atoms with Crippen molar-refractivity contribution in [1.82, 2.24) is 14.9 Å². The Bertz CT molecular complexity index is 314. The first-order valence-electron chi connectivity index (χ1n) is 5.69. The lowest BCUT2D eigenvalue weighted by atomic mass is 10.1. The van der Waals surface area contributed by atoms with Gasteiger partial charge in [0.25, 0.3) is 0 Å². The van der Waals surface area contributed by atoms with Crippen molar-refractivity contribution in [3.05, 3.63) is 18.2 Å². The van der Waals surface area contributed by atoms with Gasteiger partial charge in [0.05, 0.1) is 18.1 Å². The van der Waals surface area contributed by atoms with Gasteiger partial charge in [-0.2, -0.15) is 0 Å². The fourth-order valence-corrected chi connectivity index (χ4v) is 1.37. The van der Waals surface area contributed by atoms with Gasteiger partial charge in [-0.15, -0.1) is 0 Å². The molecule has 0 saturated carbocycles. The molecule has 1 rings (SSSR count). The molecule has 0 amide bonds. The van der Waals surface area contributed by atoms with Crippen molar-refractivity contribution in [3.63, 3.8) is 0 Å². The lowest BCUT2D eigenvalue weighted by molar-refractivity contribution is 0.102. The second kappa shape index (κ2) is 5.46. The number of ether oxygens (including phenoxy) is 1. The SMILES string of the molecule is COC(C)Cn1cncc1CNC(C)(C)C. The Kier molecular flexibility index (Phi) is 4.50. The number of methoxy groups -OCH3 is 1. The normalized spacial score (nSPS) is 14.1. The molecule has 1 unspecified atom stereocenters. The minimum Gasteiger partial charge on any atom is -0.380 e. The van der Waals surface area contributed by atoms with E-state index in [0.29, 0.717) is 0 Å². The number of nitrogens with zero attached hydrogens (tertiary/aromatic N) is 2. The fourth-order valence-electron chi connectivity index (χ4n) is 1.37. The Morgan fingerprint density at radius 1 is 1.50 bits per heavy atom. The summed E-state index contributed by atoms with van der Waals surface area (Å²) in [4.78, 5) is 4.18. The summed E-state index contributed by atoms with van der Waals surface area (Å²) in [5.41, 5.74) is 1.32. The Balaban J connectivity index is 2.57. The molecular weight excluding hydrogens is 202 g/mol. The van der Waals surface area contributed by atoms with Crippen LogP contribution >= 0.6 is 0 Å². The summed E-state index contributed by atoms with van der Waals surface area (Å²) < 4.78 is 7.39. The van der Waals surface area contributed by atoms with E-state index >= 15 is 0 Å². The average Bonchev–Trinajstić information content (AvgIpc) is 2.61. The van der Waals surface area contributed by atoms with E-state index in [9.17, 15) is 0 Å². The van der Waals surface area contributed by atoms with Gasteiger partial charge in [0.1, 0.15) is 0 Å². The Hall–Kier alpha value is -0.870. The van der Waals surface area contributed by atoms with Crippen molar-refractivity contribution in [2.75, 3.05) is 7.11 Å². The van der Waals surface area contributed by atoms with E-state index in [4.69, 9.17) is 4.74 Å². The quantitative estimate of drug-likeness (QED) is 0.830. The molecule has 1 heterocycles. The van der Waals surface area contributed by atoms with E-state index in [2.05, 4.69) is 42.6 Å². The zero-order chi connectivity index (χ0) is 12.2. The summed E-state index contributed by atoms with van der Waals surface area (Å²) in [6.07, 6.45) is 3.97. The summed E-state index contributed by atoms with van der Waals surface area (Å²) in [7, 11) is 1.73. The van der Waals surface area contributed by atoms with Crippen molar-refractivity contribution in [3.8, 4) is 0 Å². The Morgan fingerprint density at radius 2 is 2.19 bits per heavy atom. The van der Waals surface area contributed by atoms with Crippen LogP contribution in [0.3, 0.4) is 0 Å². The van der Waals surface area contributed by atoms with Crippen molar-refractivity contribution in [2.24, 2.45) is 0 Å². The molecule has 0 aliphatic carbocycles. The standard InChI is InChI=1S/C12H23N3O/c1-10(16-5)8-15-9-13-6-11(15)7-14-12(2,3)4/h6,9-10,14H,7-8H2,1-5H3. The van der Waals surface area contributed by atoms with Gasteiger partial charge in [0, 0.05) is 31.9 Å². The van der Waals surface area contributed by atoms with Crippen molar-refractivity contribution >= 4 is 0 Å². The Labute approximate surface area is 98.0 Å². The minimum absolute atomic E-state index is 0.127. The number of imidazole rings is 1. The van der Waals surface area contributed by atoms with E-state index in [-0.39, 0.29) is 11.6 Å². The van der Waals surface area contributed by atoms with Crippen LogP contribution in [0.2, 0.25) is 0 Å².